The maximum absolute atomic E-state index is 12.8. The number of benzene rings is 2. The van der Waals surface area contributed by atoms with Gasteiger partial charge in [-0.1, -0.05) is 11.6 Å². The maximum Gasteiger partial charge on any atom is 0.265 e. The van der Waals surface area contributed by atoms with E-state index in [1.165, 1.54) is 24.3 Å². The van der Waals surface area contributed by atoms with Gasteiger partial charge in [-0.25, -0.2) is 4.39 Å². The Kier molecular flexibility index (Phi) is 4.81. The minimum Gasteiger partial charge on any atom is -0.481 e. The first-order valence-electron chi connectivity index (χ1n) is 6.45. The third-order valence-corrected chi connectivity index (χ3v) is 3.18. The lowest BCUT2D eigenvalue weighted by molar-refractivity contribution is -0.122. The van der Waals surface area contributed by atoms with Gasteiger partial charge in [0, 0.05) is 10.7 Å². The summed E-state index contributed by atoms with van der Waals surface area (Å²) >= 11 is 5.87. The molecule has 1 unspecified atom stereocenters. The van der Waals surface area contributed by atoms with Crippen LogP contribution in [0.1, 0.15) is 12.5 Å². The minimum atomic E-state index is -0.703. The van der Waals surface area contributed by atoms with E-state index in [2.05, 4.69) is 5.32 Å². The molecule has 1 N–H and O–H groups in total. The van der Waals surface area contributed by atoms with E-state index in [4.69, 9.17) is 16.3 Å². The summed E-state index contributed by atoms with van der Waals surface area (Å²) in [5.74, 6) is -0.201. The van der Waals surface area contributed by atoms with Crippen molar-refractivity contribution >= 4 is 23.2 Å². The Hall–Kier alpha value is -2.07. The largest absolute Gasteiger partial charge is 0.481 e. The van der Waals surface area contributed by atoms with E-state index in [1.54, 1.807) is 25.1 Å². The zero-order valence-electron chi connectivity index (χ0n) is 11.7. The molecule has 2 aromatic carbocycles. The Bertz CT molecular complexity index is 643. The highest BCUT2D eigenvalue weighted by Gasteiger charge is 2.15. The molecule has 0 aliphatic heterocycles. The van der Waals surface area contributed by atoms with E-state index in [9.17, 15) is 9.18 Å². The number of amides is 1. The molecule has 0 spiro atoms. The van der Waals surface area contributed by atoms with Crippen LogP contribution in [0.5, 0.6) is 5.75 Å². The lowest BCUT2D eigenvalue weighted by Gasteiger charge is -2.15. The quantitative estimate of drug-likeness (QED) is 0.919. The zero-order valence-corrected chi connectivity index (χ0v) is 12.4. The molecule has 0 aliphatic rings. The van der Waals surface area contributed by atoms with Gasteiger partial charge in [-0.2, -0.15) is 0 Å². The summed E-state index contributed by atoms with van der Waals surface area (Å²) in [5, 5.41) is 3.38. The van der Waals surface area contributed by atoms with Crippen LogP contribution in [0.4, 0.5) is 10.1 Å². The van der Waals surface area contributed by atoms with Gasteiger partial charge in [-0.05, 0) is 61.9 Å². The summed E-state index contributed by atoms with van der Waals surface area (Å²) in [6.07, 6.45) is -0.703. The standard InChI is InChI=1S/C16H15ClFNO2/c1-10-9-12(17)3-8-15(10)19-16(20)11(2)21-14-6-4-13(18)5-7-14/h3-9,11H,1-2H3,(H,19,20). The van der Waals surface area contributed by atoms with Crippen molar-refractivity contribution < 1.29 is 13.9 Å². The van der Waals surface area contributed by atoms with Crippen molar-refractivity contribution in [3.8, 4) is 5.75 Å². The summed E-state index contributed by atoms with van der Waals surface area (Å²) < 4.78 is 18.3. The number of carbonyl (C=O) groups is 1. The Morgan fingerprint density at radius 2 is 1.90 bits per heavy atom. The average Bonchev–Trinajstić information content (AvgIpc) is 2.44. The van der Waals surface area contributed by atoms with E-state index in [-0.39, 0.29) is 11.7 Å². The molecular weight excluding hydrogens is 293 g/mol. The summed E-state index contributed by atoms with van der Waals surface area (Å²) in [5.41, 5.74) is 1.55. The second kappa shape index (κ2) is 6.59. The summed E-state index contributed by atoms with van der Waals surface area (Å²) in [6, 6.07) is 10.7. The highest BCUT2D eigenvalue weighted by Crippen LogP contribution is 2.20. The van der Waals surface area contributed by atoms with Crippen molar-refractivity contribution in [2.45, 2.75) is 20.0 Å². The number of aryl methyl sites for hydroxylation is 1. The highest BCUT2D eigenvalue weighted by atomic mass is 35.5. The van der Waals surface area contributed by atoms with Gasteiger partial charge in [0.05, 0.1) is 0 Å². The highest BCUT2D eigenvalue weighted by molar-refractivity contribution is 6.30. The van der Waals surface area contributed by atoms with Crippen LogP contribution in [-0.4, -0.2) is 12.0 Å². The van der Waals surface area contributed by atoms with Crippen LogP contribution < -0.4 is 10.1 Å². The molecule has 0 heterocycles. The van der Waals surface area contributed by atoms with Crippen LogP contribution in [0.2, 0.25) is 5.02 Å². The van der Waals surface area contributed by atoms with Gasteiger partial charge in [0.2, 0.25) is 0 Å². The Morgan fingerprint density at radius 1 is 1.24 bits per heavy atom. The monoisotopic (exact) mass is 307 g/mol. The van der Waals surface area contributed by atoms with E-state index in [0.717, 1.165) is 5.56 Å². The van der Waals surface area contributed by atoms with E-state index >= 15 is 0 Å². The fraction of sp³-hybridized carbons (Fsp3) is 0.188. The zero-order chi connectivity index (χ0) is 15.4. The van der Waals surface area contributed by atoms with Crippen molar-refractivity contribution in [1.82, 2.24) is 0 Å². The predicted octanol–water partition coefficient (Wildman–Crippen LogP) is 4.19. The molecule has 5 heteroatoms. The molecule has 110 valence electrons. The van der Waals surface area contributed by atoms with Gasteiger partial charge in [0.1, 0.15) is 11.6 Å². The van der Waals surface area contributed by atoms with E-state index < -0.39 is 6.10 Å². The van der Waals surface area contributed by atoms with Crippen LogP contribution in [0.15, 0.2) is 42.5 Å². The van der Waals surface area contributed by atoms with Gasteiger partial charge in [0.15, 0.2) is 6.10 Å². The smallest absolute Gasteiger partial charge is 0.265 e. The first-order chi connectivity index (χ1) is 9.95. The molecule has 0 fully saturated rings. The van der Waals surface area contributed by atoms with Gasteiger partial charge >= 0.3 is 0 Å². The fourth-order valence-corrected chi connectivity index (χ4v) is 2.00. The van der Waals surface area contributed by atoms with Crippen molar-refractivity contribution in [2.75, 3.05) is 5.32 Å². The third kappa shape index (κ3) is 4.20. The number of halogens is 2. The number of anilines is 1. The number of hydrogen-bond donors (Lipinski definition) is 1. The molecular formula is C16H15ClFNO2. The van der Waals surface area contributed by atoms with Crippen LogP contribution in [0, 0.1) is 12.7 Å². The summed E-state index contributed by atoms with van der Waals surface area (Å²) in [4.78, 5) is 12.1. The average molecular weight is 308 g/mol. The van der Waals surface area contributed by atoms with Gasteiger partial charge in [-0.15, -0.1) is 0 Å². The molecule has 0 saturated carbocycles. The molecule has 0 aliphatic carbocycles. The van der Waals surface area contributed by atoms with Crippen LogP contribution in [0.25, 0.3) is 0 Å². The number of ether oxygens (including phenoxy) is 1. The predicted molar refractivity (Wildman–Crippen MR) is 81.3 cm³/mol. The van der Waals surface area contributed by atoms with Crippen molar-refractivity contribution in [3.05, 3.63) is 58.9 Å². The maximum atomic E-state index is 12.8. The first-order valence-corrected chi connectivity index (χ1v) is 6.83. The van der Waals surface area contributed by atoms with Gasteiger partial charge in [0.25, 0.3) is 5.91 Å². The molecule has 2 rings (SSSR count). The molecule has 0 radical (unpaired) electrons. The fourth-order valence-electron chi connectivity index (χ4n) is 1.77. The number of hydrogen-bond acceptors (Lipinski definition) is 2. The molecule has 0 aromatic heterocycles. The first kappa shape index (κ1) is 15.3. The third-order valence-electron chi connectivity index (χ3n) is 2.94. The molecule has 1 atom stereocenters. The summed E-state index contributed by atoms with van der Waals surface area (Å²) in [7, 11) is 0. The minimum absolute atomic E-state index is 0.287. The Balaban J connectivity index is 2.00. The number of carbonyl (C=O) groups excluding carboxylic acids is 1. The summed E-state index contributed by atoms with van der Waals surface area (Å²) in [6.45, 7) is 3.48. The number of rotatable bonds is 4. The van der Waals surface area contributed by atoms with Crippen molar-refractivity contribution in [2.24, 2.45) is 0 Å². The number of nitrogens with one attached hydrogen (secondary N) is 1. The van der Waals surface area contributed by atoms with Gasteiger partial charge in [-0.3, -0.25) is 4.79 Å². The van der Waals surface area contributed by atoms with Crippen LogP contribution in [0.3, 0.4) is 0 Å². The second-order valence-corrected chi connectivity index (χ2v) is 5.10. The molecule has 0 saturated heterocycles. The van der Waals surface area contributed by atoms with E-state index in [1.807, 2.05) is 6.92 Å². The lowest BCUT2D eigenvalue weighted by Crippen LogP contribution is -2.30. The second-order valence-electron chi connectivity index (χ2n) is 4.66. The normalized spacial score (nSPS) is 11.8. The molecule has 1 amide bonds. The molecule has 3 nitrogen and oxygen atoms in total. The Morgan fingerprint density at radius 3 is 2.52 bits per heavy atom. The van der Waals surface area contributed by atoms with Crippen LogP contribution in [-0.2, 0) is 4.79 Å². The van der Waals surface area contributed by atoms with Crippen molar-refractivity contribution in [1.29, 1.82) is 0 Å². The van der Waals surface area contributed by atoms with E-state index in [0.29, 0.717) is 16.5 Å². The molecule has 2 aromatic rings. The molecule has 0 bridgehead atoms. The molecule has 21 heavy (non-hydrogen) atoms. The Labute approximate surface area is 127 Å². The van der Waals surface area contributed by atoms with Crippen LogP contribution >= 0.6 is 11.6 Å². The van der Waals surface area contributed by atoms with Gasteiger partial charge < -0.3 is 10.1 Å². The van der Waals surface area contributed by atoms with Crippen molar-refractivity contribution in [3.63, 3.8) is 0 Å². The SMILES string of the molecule is Cc1cc(Cl)ccc1NC(=O)C(C)Oc1ccc(F)cc1. The topological polar surface area (TPSA) is 38.3 Å². The lowest BCUT2D eigenvalue weighted by atomic mass is 10.2.